The van der Waals surface area contributed by atoms with Gasteiger partial charge in [-0.25, -0.2) is 4.98 Å². The number of hydrogen-bond acceptors (Lipinski definition) is 8. The lowest BCUT2D eigenvalue weighted by atomic mass is 10.1. The SMILES string of the molecule is CC(Sc1ccc(NC(=O)/C(=C/c2ccccc2[N+](=O)[O-])NC(=O)c2ccccc2)cc1)C(=O)Nc1nc(-c2ccc(Cl)cc2)cs1. The molecule has 5 rings (SSSR count). The summed E-state index contributed by atoms with van der Waals surface area (Å²) < 4.78 is 0. The van der Waals surface area contributed by atoms with Crippen LogP contribution in [0, 0.1) is 10.1 Å². The number of carbonyl (C=O) groups is 3. The number of amides is 3. The zero-order valence-corrected chi connectivity index (χ0v) is 27.1. The van der Waals surface area contributed by atoms with Gasteiger partial charge in [-0.05, 0) is 67.6 Å². The number of nitrogens with zero attached hydrogens (tertiary/aromatic N) is 2. The topological polar surface area (TPSA) is 143 Å². The minimum absolute atomic E-state index is 0.147. The smallest absolute Gasteiger partial charge is 0.276 e. The van der Waals surface area contributed by atoms with E-state index in [1.54, 1.807) is 79.7 Å². The van der Waals surface area contributed by atoms with Crippen molar-refractivity contribution in [2.75, 3.05) is 10.6 Å². The molecule has 0 aliphatic heterocycles. The van der Waals surface area contributed by atoms with Crippen molar-refractivity contribution >= 4 is 75.0 Å². The molecule has 0 bridgehead atoms. The van der Waals surface area contributed by atoms with Crippen molar-refractivity contribution in [3.8, 4) is 11.3 Å². The molecule has 3 amide bonds. The number of nitro groups is 1. The molecule has 0 spiro atoms. The van der Waals surface area contributed by atoms with Crippen molar-refractivity contribution < 1.29 is 19.3 Å². The first-order valence-electron chi connectivity index (χ1n) is 14.1. The van der Waals surface area contributed by atoms with Gasteiger partial charge in [-0.15, -0.1) is 23.1 Å². The summed E-state index contributed by atoms with van der Waals surface area (Å²) in [5.41, 5.74) is 2.10. The third-order valence-electron chi connectivity index (χ3n) is 6.63. The van der Waals surface area contributed by atoms with Crippen molar-refractivity contribution in [1.29, 1.82) is 0 Å². The van der Waals surface area contributed by atoms with Gasteiger partial charge in [0.25, 0.3) is 17.5 Å². The highest BCUT2D eigenvalue weighted by atomic mass is 35.5. The number of thioether (sulfide) groups is 1. The van der Waals surface area contributed by atoms with E-state index in [2.05, 4.69) is 20.9 Å². The van der Waals surface area contributed by atoms with Crippen molar-refractivity contribution in [1.82, 2.24) is 10.3 Å². The molecule has 3 N–H and O–H groups in total. The van der Waals surface area contributed by atoms with Crippen molar-refractivity contribution in [3.63, 3.8) is 0 Å². The highest BCUT2D eigenvalue weighted by Gasteiger charge is 2.20. The summed E-state index contributed by atoms with van der Waals surface area (Å²) in [5, 5.41) is 22.2. The van der Waals surface area contributed by atoms with Crippen LogP contribution < -0.4 is 16.0 Å². The van der Waals surface area contributed by atoms with Gasteiger partial charge in [-0.2, -0.15) is 0 Å². The number of nitrogens with one attached hydrogen (secondary N) is 3. The van der Waals surface area contributed by atoms with Crippen LogP contribution in [0.1, 0.15) is 22.8 Å². The van der Waals surface area contributed by atoms with Crippen LogP contribution in [0.5, 0.6) is 0 Å². The summed E-state index contributed by atoms with van der Waals surface area (Å²) >= 11 is 8.62. The average Bonchev–Trinajstić information content (AvgIpc) is 3.54. The van der Waals surface area contributed by atoms with Crippen LogP contribution >= 0.6 is 34.7 Å². The number of aromatic nitrogens is 1. The molecule has 10 nitrogen and oxygen atoms in total. The Morgan fingerprint density at radius 2 is 1.60 bits per heavy atom. The largest absolute Gasteiger partial charge is 0.321 e. The van der Waals surface area contributed by atoms with E-state index in [0.717, 1.165) is 16.2 Å². The van der Waals surface area contributed by atoms with E-state index < -0.39 is 22.0 Å². The molecule has 4 aromatic carbocycles. The zero-order chi connectivity index (χ0) is 33.3. The lowest BCUT2D eigenvalue weighted by Crippen LogP contribution is -2.30. The molecule has 0 saturated heterocycles. The maximum Gasteiger partial charge on any atom is 0.276 e. The number of halogens is 1. The fourth-order valence-electron chi connectivity index (χ4n) is 4.24. The second-order valence-electron chi connectivity index (χ2n) is 9.97. The number of para-hydroxylation sites is 1. The molecule has 1 atom stereocenters. The summed E-state index contributed by atoms with van der Waals surface area (Å²) in [4.78, 5) is 55.4. The average molecular weight is 684 g/mol. The normalized spacial score (nSPS) is 11.7. The number of nitro benzene ring substituents is 1. The standard InChI is InChI=1S/C34H26ClN5O5S2/c1-21(31(41)39-34-38-29(20-46-34)22-11-13-25(35)14-12-22)47-27-17-15-26(16-18-27)36-33(43)28(37-32(42)23-7-3-2-4-8-23)19-24-9-5-6-10-30(24)40(44)45/h2-21H,1H3,(H,36,43)(H,37,42)(H,38,39,41)/b28-19-. The third kappa shape index (κ3) is 8.91. The summed E-state index contributed by atoms with van der Waals surface area (Å²) in [6.45, 7) is 1.78. The third-order valence-corrected chi connectivity index (χ3v) is 8.75. The first kappa shape index (κ1) is 33.1. The predicted molar refractivity (Wildman–Crippen MR) is 187 cm³/mol. The van der Waals surface area contributed by atoms with E-state index in [1.807, 2.05) is 17.5 Å². The monoisotopic (exact) mass is 683 g/mol. The molecule has 47 heavy (non-hydrogen) atoms. The second-order valence-corrected chi connectivity index (χ2v) is 12.7. The first-order chi connectivity index (χ1) is 22.7. The summed E-state index contributed by atoms with van der Waals surface area (Å²) in [7, 11) is 0. The van der Waals surface area contributed by atoms with Crippen LogP contribution in [0.25, 0.3) is 17.3 Å². The van der Waals surface area contributed by atoms with Gasteiger partial charge in [0.05, 0.1) is 21.4 Å². The van der Waals surface area contributed by atoms with Crippen LogP contribution in [0.2, 0.25) is 5.02 Å². The van der Waals surface area contributed by atoms with Crippen molar-refractivity contribution in [2.45, 2.75) is 17.1 Å². The van der Waals surface area contributed by atoms with Gasteiger partial charge in [0.1, 0.15) is 5.70 Å². The van der Waals surface area contributed by atoms with E-state index in [-0.39, 0.29) is 22.9 Å². The van der Waals surface area contributed by atoms with E-state index >= 15 is 0 Å². The quantitative estimate of drug-likeness (QED) is 0.0556. The molecule has 0 aliphatic rings. The fraction of sp³-hybridized carbons (Fsp3) is 0.0588. The molecule has 0 fully saturated rings. The molecule has 1 unspecified atom stereocenters. The van der Waals surface area contributed by atoms with E-state index in [9.17, 15) is 24.5 Å². The van der Waals surface area contributed by atoms with E-state index in [0.29, 0.717) is 21.4 Å². The second kappa shape index (κ2) is 15.3. The molecule has 5 aromatic rings. The summed E-state index contributed by atoms with van der Waals surface area (Å²) in [6, 6.07) is 28.3. The molecule has 0 aliphatic carbocycles. The van der Waals surface area contributed by atoms with Crippen molar-refractivity contribution in [2.24, 2.45) is 0 Å². The lowest BCUT2D eigenvalue weighted by molar-refractivity contribution is -0.385. The maximum absolute atomic E-state index is 13.4. The van der Waals surface area contributed by atoms with Gasteiger partial charge in [-0.3, -0.25) is 24.5 Å². The van der Waals surface area contributed by atoms with Gasteiger partial charge in [0.2, 0.25) is 5.91 Å². The molecule has 236 valence electrons. The van der Waals surface area contributed by atoms with Gasteiger partial charge >= 0.3 is 0 Å². The van der Waals surface area contributed by atoms with Gasteiger partial charge in [0.15, 0.2) is 5.13 Å². The van der Waals surface area contributed by atoms with Crippen LogP contribution in [0.3, 0.4) is 0 Å². The Hall–Kier alpha value is -5.30. The molecule has 0 saturated carbocycles. The molecular weight excluding hydrogens is 658 g/mol. The zero-order valence-electron chi connectivity index (χ0n) is 24.7. The molecular formula is C34H26ClN5O5S2. The number of thiazole rings is 1. The highest BCUT2D eigenvalue weighted by molar-refractivity contribution is 8.00. The Labute approximate surface area is 283 Å². The molecule has 1 heterocycles. The summed E-state index contributed by atoms with van der Waals surface area (Å²) in [5.74, 6) is -1.45. The highest BCUT2D eigenvalue weighted by Crippen LogP contribution is 2.29. The van der Waals surface area contributed by atoms with Gasteiger partial charge in [-0.1, -0.05) is 54.1 Å². The van der Waals surface area contributed by atoms with Crippen LogP contribution in [0.4, 0.5) is 16.5 Å². The molecule has 0 radical (unpaired) electrons. The Kier molecular flexibility index (Phi) is 10.8. The lowest BCUT2D eigenvalue weighted by Gasteiger charge is -2.13. The number of rotatable bonds is 11. The maximum atomic E-state index is 13.4. The van der Waals surface area contributed by atoms with Crippen LogP contribution in [0.15, 0.2) is 119 Å². The minimum atomic E-state index is -0.679. The van der Waals surface area contributed by atoms with E-state index in [1.165, 1.54) is 47.4 Å². The number of carbonyl (C=O) groups excluding carboxylic acids is 3. The summed E-state index contributed by atoms with van der Waals surface area (Å²) in [6.07, 6.45) is 1.26. The number of benzene rings is 4. The number of hydrogen-bond donors (Lipinski definition) is 3. The first-order valence-corrected chi connectivity index (χ1v) is 16.2. The van der Waals surface area contributed by atoms with Crippen molar-refractivity contribution in [3.05, 3.63) is 140 Å². The fourth-order valence-corrected chi connectivity index (χ4v) is 5.95. The van der Waals surface area contributed by atoms with Crippen LogP contribution in [-0.2, 0) is 9.59 Å². The molecule has 13 heteroatoms. The van der Waals surface area contributed by atoms with E-state index in [4.69, 9.17) is 11.6 Å². The molecule has 1 aromatic heterocycles. The Morgan fingerprint density at radius 1 is 0.915 bits per heavy atom. The Balaban J connectivity index is 1.24. The van der Waals surface area contributed by atoms with Gasteiger partial charge in [0, 0.05) is 38.2 Å². The Bertz CT molecular complexity index is 1950. The predicted octanol–water partition coefficient (Wildman–Crippen LogP) is 7.90. The number of anilines is 2. The van der Waals surface area contributed by atoms with Crippen LogP contribution in [-0.4, -0.2) is 32.9 Å². The van der Waals surface area contributed by atoms with Gasteiger partial charge < -0.3 is 16.0 Å². The minimum Gasteiger partial charge on any atom is -0.321 e. The Morgan fingerprint density at radius 3 is 2.30 bits per heavy atom.